The van der Waals surface area contributed by atoms with Crippen LogP contribution in [0.25, 0.3) is 5.65 Å². The Morgan fingerprint density at radius 1 is 1.33 bits per heavy atom. The molecule has 0 aliphatic heterocycles. The number of urea groups is 1. The van der Waals surface area contributed by atoms with Crippen molar-refractivity contribution in [2.45, 2.75) is 52.2 Å². The number of hydrogen-bond acceptors (Lipinski definition) is 4. The number of fused-ring (bicyclic) bond motifs is 1. The van der Waals surface area contributed by atoms with E-state index in [2.05, 4.69) is 34.7 Å². The summed E-state index contributed by atoms with van der Waals surface area (Å²) in [7, 11) is 0. The zero-order valence-corrected chi connectivity index (χ0v) is 14.8. The van der Waals surface area contributed by atoms with Crippen molar-refractivity contribution in [3.8, 4) is 0 Å². The molecule has 7 nitrogen and oxygen atoms in total. The maximum Gasteiger partial charge on any atom is 0.315 e. The van der Waals surface area contributed by atoms with Gasteiger partial charge < -0.3 is 15.7 Å². The molecule has 0 radical (unpaired) electrons. The topological polar surface area (TPSA) is 91.5 Å². The van der Waals surface area contributed by atoms with Crippen LogP contribution in [0.1, 0.15) is 52.4 Å². The maximum atomic E-state index is 12.1. The number of pyridine rings is 1. The molecule has 0 fully saturated rings. The molecule has 3 N–H and O–H groups in total. The number of rotatable bonds is 7. The summed E-state index contributed by atoms with van der Waals surface area (Å²) < 4.78 is 1.84. The lowest BCUT2D eigenvalue weighted by Crippen LogP contribution is -2.45. The molecular weight excluding hydrogens is 306 g/mol. The SMILES string of the molecule is CC(C)CCC(C)(O)CNC(=O)NC(C)c1nnc2ccccn12. The van der Waals surface area contributed by atoms with Gasteiger partial charge in [0.15, 0.2) is 11.5 Å². The second kappa shape index (κ2) is 7.61. The molecule has 0 saturated heterocycles. The van der Waals surface area contributed by atoms with Gasteiger partial charge in [-0.05, 0) is 44.7 Å². The van der Waals surface area contributed by atoms with Gasteiger partial charge in [0.2, 0.25) is 0 Å². The van der Waals surface area contributed by atoms with E-state index in [1.54, 1.807) is 6.92 Å². The zero-order valence-electron chi connectivity index (χ0n) is 14.8. The van der Waals surface area contributed by atoms with Gasteiger partial charge in [0.1, 0.15) is 0 Å². The number of carbonyl (C=O) groups excluding carboxylic acids is 1. The predicted octanol–water partition coefficient (Wildman–Crippen LogP) is 2.28. The number of hydrogen-bond donors (Lipinski definition) is 3. The van der Waals surface area contributed by atoms with Gasteiger partial charge in [0, 0.05) is 12.7 Å². The minimum Gasteiger partial charge on any atom is -0.388 e. The molecule has 132 valence electrons. The van der Waals surface area contributed by atoms with Crippen molar-refractivity contribution in [1.29, 1.82) is 0 Å². The fourth-order valence-electron chi connectivity index (χ4n) is 2.43. The average molecular weight is 333 g/mol. The number of amides is 2. The van der Waals surface area contributed by atoms with E-state index in [0.717, 1.165) is 12.1 Å². The van der Waals surface area contributed by atoms with E-state index in [0.29, 0.717) is 18.2 Å². The van der Waals surface area contributed by atoms with Crippen molar-refractivity contribution in [3.05, 3.63) is 30.2 Å². The van der Waals surface area contributed by atoms with Crippen molar-refractivity contribution in [2.75, 3.05) is 6.54 Å². The van der Waals surface area contributed by atoms with Crippen LogP contribution >= 0.6 is 0 Å². The van der Waals surface area contributed by atoms with Gasteiger partial charge in [-0.3, -0.25) is 4.40 Å². The van der Waals surface area contributed by atoms with Crippen LogP contribution in [-0.4, -0.2) is 37.9 Å². The Hall–Kier alpha value is -2.15. The molecule has 2 atom stereocenters. The van der Waals surface area contributed by atoms with Crippen LogP contribution < -0.4 is 10.6 Å². The maximum absolute atomic E-state index is 12.1. The van der Waals surface area contributed by atoms with Gasteiger partial charge in [0.25, 0.3) is 0 Å². The molecular formula is C17H27N5O2. The van der Waals surface area contributed by atoms with Crippen LogP contribution in [0, 0.1) is 5.92 Å². The van der Waals surface area contributed by atoms with Crippen LogP contribution in [0.15, 0.2) is 24.4 Å². The Kier molecular flexibility index (Phi) is 5.77. The van der Waals surface area contributed by atoms with E-state index >= 15 is 0 Å². The zero-order chi connectivity index (χ0) is 17.7. The number of aliphatic hydroxyl groups is 1. The van der Waals surface area contributed by atoms with Crippen molar-refractivity contribution in [3.63, 3.8) is 0 Å². The lowest BCUT2D eigenvalue weighted by molar-refractivity contribution is 0.0476. The molecule has 0 spiro atoms. The predicted molar refractivity (Wildman–Crippen MR) is 92.6 cm³/mol. The summed E-state index contributed by atoms with van der Waals surface area (Å²) in [6, 6.07) is 4.99. The molecule has 2 unspecified atom stereocenters. The van der Waals surface area contributed by atoms with E-state index in [1.807, 2.05) is 35.7 Å². The van der Waals surface area contributed by atoms with Gasteiger partial charge in [-0.2, -0.15) is 0 Å². The van der Waals surface area contributed by atoms with Crippen molar-refractivity contribution in [2.24, 2.45) is 5.92 Å². The molecule has 24 heavy (non-hydrogen) atoms. The fourth-order valence-corrected chi connectivity index (χ4v) is 2.43. The van der Waals surface area contributed by atoms with E-state index in [9.17, 15) is 9.90 Å². The lowest BCUT2D eigenvalue weighted by Gasteiger charge is -2.25. The first-order chi connectivity index (χ1) is 11.3. The normalized spacial score (nSPS) is 15.2. The second-order valence-electron chi connectivity index (χ2n) is 6.97. The first-order valence-electron chi connectivity index (χ1n) is 8.35. The minimum atomic E-state index is -0.910. The molecule has 7 heteroatoms. The van der Waals surface area contributed by atoms with E-state index in [-0.39, 0.29) is 18.6 Å². The molecule has 0 aromatic carbocycles. The third-order valence-electron chi connectivity index (χ3n) is 3.97. The molecule has 0 aliphatic rings. The van der Waals surface area contributed by atoms with E-state index < -0.39 is 5.60 Å². The summed E-state index contributed by atoms with van der Waals surface area (Å²) in [5.41, 5.74) is -0.176. The Labute approximate surface area is 142 Å². The first-order valence-corrected chi connectivity index (χ1v) is 8.35. The van der Waals surface area contributed by atoms with E-state index in [4.69, 9.17) is 0 Å². The summed E-state index contributed by atoms with van der Waals surface area (Å²) in [6.45, 7) is 8.02. The van der Waals surface area contributed by atoms with Crippen molar-refractivity contribution in [1.82, 2.24) is 25.2 Å². The molecule has 0 saturated carbocycles. The summed E-state index contributed by atoms with van der Waals surface area (Å²) in [6.07, 6.45) is 3.42. The Morgan fingerprint density at radius 2 is 2.08 bits per heavy atom. The number of nitrogens with one attached hydrogen (secondary N) is 2. The second-order valence-corrected chi connectivity index (χ2v) is 6.97. The summed E-state index contributed by atoms with van der Waals surface area (Å²) in [5, 5.41) is 24.1. The van der Waals surface area contributed by atoms with Gasteiger partial charge >= 0.3 is 6.03 Å². The standard InChI is InChI=1S/C17H27N5O2/c1-12(2)8-9-17(4,24)11-18-16(23)19-13(3)15-21-20-14-7-5-6-10-22(14)15/h5-7,10,12-13,24H,8-9,11H2,1-4H3,(H2,18,19,23). The lowest BCUT2D eigenvalue weighted by atomic mass is 9.95. The Morgan fingerprint density at radius 3 is 2.79 bits per heavy atom. The van der Waals surface area contributed by atoms with Crippen molar-refractivity contribution >= 4 is 11.7 Å². The van der Waals surface area contributed by atoms with Gasteiger partial charge in [0.05, 0.1) is 11.6 Å². The molecule has 2 aromatic heterocycles. The highest BCUT2D eigenvalue weighted by molar-refractivity contribution is 5.74. The molecule has 0 bridgehead atoms. The molecule has 2 amide bonds. The Balaban J connectivity index is 1.88. The van der Waals surface area contributed by atoms with Crippen LogP contribution in [-0.2, 0) is 0 Å². The third kappa shape index (κ3) is 4.92. The number of aromatic nitrogens is 3. The number of nitrogens with zero attached hydrogens (tertiary/aromatic N) is 3. The average Bonchev–Trinajstić information content (AvgIpc) is 2.95. The van der Waals surface area contributed by atoms with Gasteiger partial charge in [-0.25, -0.2) is 4.79 Å². The smallest absolute Gasteiger partial charge is 0.315 e. The van der Waals surface area contributed by atoms with Crippen LogP contribution in [0.4, 0.5) is 4.79 Å². The quantitative estimate of drug-likeness (QED) is 0.725. The largest absolute Gasteiger partial charge is 0.388 e. The third-order valence-corrected chi connectivity index (χ3v) is 3.97. The first kappa shape index (κ1) is 18.2. The molecule has 0 aliphatic carbocycles. The highest BCUT2D eigenvalue weighted by Gasteiger charge is 2.22. The van der Waals surface area contributed by atoms with Crippen LogP contribution in [0.5, 0.6) is 0 Å². The summed E-state index contributed by atoms with van der Waals surface area (Å²) in [4.78, 5) is 12.1. The summed E-state index contributed by atoms with van der Waals surface area (Å²) >= 11 is 0. The minimum absolute atomic E-state index is 0.207. The monoisotopic (exact) mass is 333 g/mol. The molecule has 2 heterocycles. The van der Waals surface area contributed by atoms with Gasteiger partial charge in [-0.1, -0.05) is 19.9 Å². The molecule has 2 rings (SSSR count). The fraction of sp³-hybridized carbons (Fsp3) is 0.588. The molecule has 2 aromatic rings. The highest BCUT2D eigenvalue weighted by atomic mass is 16.3. The van der Waals surface area contributed by atoms with E-state index in [1.165, 1.54) is 0 Å². The van der Waals surface area contributed by atoms with Gasteiger partial charge in [-0.15, -0.1) is 10.2 Å². The number of carbonyl (C=O) groups is 1. The Bertz CT molecular complexity index is 680. The summed E-state index contributed by atoms with van der Waals surface area (Å²) in [5.74, 6) is 1.18. The van der Waals surface area contributed by atoms with Crippen LogP contribution in [0.3, 0.4) is 0 Å². The van der Waals surface area contributed by atoms with Crippen molar-refractivity contribution < 1.29 is 9.90 Å². The highest BCUT2D eigenvalue weighted by Crippen LogP contribution is 2.15. The van der Waals surface area contributed by atoms with Crippen LogP contribution in [0.2, 0.25) is 0 Å².